The molecule has 55 heavy (non-hydrogen) atoms. The number of hydrogen-bond acceptors (Lipinski definition) is 9. The normalized spacial score (nSPS) is 18.3. The Hall–Kier alpha value is -5.85. The summed E-state index contributed by atoms with van der Waals surface area (Å²) in [5.74, 6) is 0.853. The number of fused-ring (bicyclic) bond motifs is 3. The molecule has 13 nitrogen and oxygen atoms in total. The lowest BCUT2D eigenvalue weighted by Gasteiger charge is -2.41. The van der Waals surface area contributed by atoms with Gasteiger partial charge in [-0.2, -0.15) is 5.10 Å². The molecule has 1 fully saturated rings. The lowest BCUT2D eigenvalue weighted by Crippen LogP contribution is -2.50. The van der Waals surface area contributed by atoms with Crippen LogP contribution < -0.4 is 15.5 Å². The Balaban J connectivity index is 1.10. The molecule has 3 aliphatic rings. The van der Waals surface area contributed by atoms with Gasteiger partial charge in [0.15, 0.2) is 5.82 Å². The van der Waals surface area contributed by atoms with Crippen LogP contribution in [0, 0.1) is 5.41 Å². The molecule has 0 radical (unpaired) electrons. The van der Waals surface area contributed by atoms with Crippen molar-refractivity contribution in [2.45, 2.75) is 77.5 Å². The smallest absolute Gasteiger partial charge is 0.410 e. The standard InChI is InChI=1S/C42H48N8O5/c1-40(2,3)55-39(54)48(5)25-29-10-6-7-11-30(29)26-50(38(53)41(4)16-20-49(21-17-41)34-13-9-19-44-47-34)27-35(51)45-32-15-14-28-23-42(24-31(28)22-32)33-12-8-18-43-36(33)46-37(42)52/h6-15,18-19,22H,16-17,20-21,23-27H2,1-5H3,(H,45,51)(H,43,46,52)/t42-/m1/s1. The number of nitrogens with one attached hydrogen (secondary N) is 2. The molecule has 0 bridgehead atoms. The van der Waals surface area contributed by atoms with Crippen LogP contribution in [-0.2, 0) is 50.5 Å². The molecular weight excluding hydrogens is 697 g/mol. The van der Waals surface area contributed by atoms with Crippen LogP contribution in [0.3, 0.4) is 0 Å². The van der Waals surface area contributed by atoms with Crippen molar-refractivity contribution in [3.05, 3.63) is 107 Å². The van der Waals surface area contributed by atoms with Crippen LogP contribution in [0.25, 0.3) is 0 Å². The molecule has 4 aromatic rings. The van der Waals surface area contributed by atoms with E-state index in [0.717, 1.165) is 33.6 Å². The van der Waals surface area contributed by atoms with E-state index < -0.39 is 22.5 Å². The van der Waals surface area contributed by atoms with E-state index in [1.807, 2.05) is 94.4 Å². The van der Waals surface area contributed by atoms with Gasteiger partial charge in [-0.25, -0.2) is 9.78 Å². The zero-order valence-electron chi connectivity index (χ0n) is 32.1. The SMILES string of the molecule is CN(Cc1ccccc1CN(CC(=O)Nc1ccc2c(c1)C[C@@]1(C2)C(=O)Nc2ncccc21)C(=O)C1(C)CCN(c2cccnn2)CC1)C(=O)OC(C)(C)C. The minimum atomic E-state index is -0.726. The first-order valence-corrected chi connectivity index (χ1v) is 18.7. The number of rotatable bonds is 9. The average Bonchev–Trinajstić information content (AvgIpc) is 3.67. The zero-order chi connectivity index (χ0) is 39.0. The highest BCUT2D eigenvalue weighted by molar-refractivity contribution is 6.06. The highest BCUT2D eigenvalue weighted by Crippen LogP contribution is 2.47. The molecule has 2 aromatic heterocycles. The summed E-state index contributed by atoms with van der Waals surface area (Å²) < 4.78 is 5.58. The Bertz CT molecular complexity index is 2110. The summed E-state index contributed by atoms with van der Waals surface area (Å²) in [5, 5.41) is 14.3. The predicted molar refractivity (Wildman–Crippen MR) is 208 cm³/mol. The number of pyridine rings is 1. The molecule has 1 aliphatic carbocycles. The minimum Gasteiger partial charge on any atom is -0.444 e. The predicted octanol–water partition coefficient (Wildman–Crippen LogP) is 5.50. The van der Waals surface area contributed by atoms with Gasteiger partial charge in [-0.3, -0.25) is 14.4 Å². The van der Waals surface area contributed by atoms with Crippen molar-refractivity contribution >= 4 is 41.1 Å². The molecular formula is C42H48N8O5. The lowest BCUT2D eigenvalue weighted by molar-refractivity contribution is -0.145. The molecule has 1 atom stereocenters. The first-order chi connectivity index (χ1) is 26.2. The Labute approximate surface area is 321 Å². The number of amides is 4. The number of nitrogens with zero attached hydrogens (tertiary/aromatic N) is 6. The average molecular weight is 745 g/mol. The van der Waals surface area contributed by atoms with Gasteiger partial charge in [-0.15, -0.1) is 5.10 Å². The van der Waals surface area contributed by atoms with Crippen molar-refractivity contribution in [1.29, 1.82) is 0 Å². The number of ether oxygens (including phenoxy) is 1. The van der Waals surface area contributed by atoms with Gasteiger partial charge in [0.25, 0.3) is 0 Å². The minimum absolute atomic E-state index is 0.0641. The van der Waals surface area contributed by atoms with Crippen LogP contribution in [0.15, 0.2) is 79.1 Å². The van der Waals surface area contributed by atoms with Crippen molar-refractivity contribution < 1.29 is 23.9 Å². The maximum Gasteiger partial charge on any atom is 0.410 e. The lowest BCUT2D eigenvalue weighted by atomic mass is 9.78. The van der Waals surface area contributed by atoms with Gasteiger partial charge in [0.05, 0.1) is 5.41 Å². The second-order valence-corrected chi connectivity index (χ2v) is 16.2. The van der Waals surface area contributed by atoms with Gasteiger partial charge in [-0.1, -0.05) is 43.3 Å². The van der Waals surface area contributed by atoms with Crippen LogP contribution in [0.5, 0.6) is 0 Å². The first kappa shape index (κ1) is 37.5. The molecule has 4 amide bonds. The van der Waals surface area contributed by atoms with E-state index in [-0.39, 0.29) is 37.4 Å². The molecule has 2 aliphatic heterocycles. The number of piperidine rings is 1. The van der Waals surface area contributed by atoms with Crippen molar-refractivity contribution in [1.82, 2.24) is 25.0 Å². The molecule has 286 valence electrons. The van der Waals surface area contributed by atoms with Gasteiger partial charge in [0.1, 0.15) is 18.0 Å². The number of carbonyl (C=O) groups is 4. The van der Waals surface area contributed by atoms with Gasteiger partial charge in [0, 0.05) is 62.3 Å². The van der Waals surface area contributed by atoms with E-state index in [0.29, 0.717) is 50.3 Å². The second-order valence-electron chi connectivity index (χ2n) is 16.2. The molecule has 13 heteroatoms. The first-order valence-electron chi connectivity index (χ1n) is 18.7. The third kappa shape index (κ3) is 7.87. The summed E-state index contributed by atoms with van der Waals surface area (Å²) in [5.41, 5.74) is 3.11. The van der Waals surface area contributed by atoms with E-state index in [1.165, 1.54) is 4.90 Å². The quantitative estimate of drug-likeness (QED) is 0.227. The van der Waals surface area contributed by atoms with E-state index in [4.69, 9.17) is 4.74 Å². The zero-order valence-corrected chi connectivity index (χ0v) is 32.1. The Morgan fingerprint density at radius 2 is 1.64 bits per heavy atom. The van der Waals surface area contributed by atoms with Gasteiger partial charge >= 0.3 is 6.09 Å². The van der Waals surface area contributed by atoms with Crippen molar-refractivity contribution in [3.8, 4) is 0 Å². The molecule has 2 aromatic carbocycles. The summed E-state index contributed by atoms with van der Waals surface area (Å²) in [6.45, 7) is 8.93. The largest absolute Gasteiger partial charge is 0.444 e. The third-order valence-corrected chi connectivity index (χ3v) is 10.9. The van der Waals surface area contributed by atoms with Crippen LogP contribution in [0.2, 0.25) is 0 Å². The number of hydrogen-bond donors (Lipinski definition) is 2. The summed E-state index contributed by atoms with van der Waals surface area (Å²) >= 11 is 0. The van der Waals surface area contributed by atoms with E-state index in [9.17, 15) is 19.2 Å². The number of carbonyl (C=O) groups excluding carboxylic acids is 4. The maximum absolute atomic E-state index is 14.7. The number of anilines is 3. The van der Waals surface area contributed by atoms with Crippen LogP contribution in [0.1, 0.15) is 68.4 Å². The van der Waals surface area contributed by atoms with E-state index in [1.54, 1.807) is 24.3 Å². The van der Waals surface area contributed by atoms with Crippen molar-refractivity contribution in [2.75, 3.05) is 42.2 Å². The molecule has 1 saturated heterocycles. The Morgan fingerprint density at radius 1 is 0.927 bits per heavy atom. The monoisotopic (exact) mass is 744 g/mol. The van der Waals surface area contributed by atoms with Gasteiger partial charge in [-0.05, 0) is 99.0 Å². The molecule has 2 N–H and O–H groups in total. The highest BCUT2D eigenvalue weighted by atomic mass is 16.6. The van der Waals surface area contributed by atoms with Crippen molar-refractivity contribution in [3.63, 3.8) is 0 Å². The van der Waals surface area contributed by atoms with Gasteiger partial charge in [0.2, 0.25) is 17.7 Å². The van der Waals surface area contributed by atoms with Crippen LogP contribution in [-0.4, -0.2) is 81.1 Å². The molecule has 7 rings (SSSR count). The molecule has 0 saturated carbocycles. The molecule has 0 unspecified atom stereocenters. The Morgan fingerprint density at radius 3 is 2.35 bits per heavy atom. The fraction of sp³-hybridized carbons (Fsp3) is 0.405. The summed E-state index contributed by atoms with van der Waals surface area (Å²) in [6, 6.07) is 21.0. The summed E-state index contributed by atoms with van der Waals surface area (Å²) in [4.78, 5) is 64.3. The third-order valence-electron chi connectivity index (χ3n) is 10.9. The number of benzene rings is 2. The second kappa shape index (κ2) is 14.8. The fourth-order valence-electron chi connectivity index (χ4n) is 7.94. The number of aromatic nitrogens is 3. The van der Waals surface area contributed by atoms with Crippen LogP contribution in [0.4, 0.5) is 22.1 Å². The summed E-state index contributed by atoms with van der Waals surface area (Å²) in [7, 11) is 1.68. The molecule has 4 heterocycles. The summed E-state index contributed by atoms with van der Waals surface area (Å²) in [6.07, 6.45) is 5.05. The fourth-order valence-corrected chi connectivity index (χ4v) is 7.94. The van der Waals surface area contributed by atoms with E-state index in [2.05, 4.69) is 30.7 Å². The highest BCUT2D eigenvalue weighted by Gasteiger charge is 2.51. The van der Waals surface area contributed by atoms with E-state index >= 15 is 0 Å². The Kier molecular flexibility index (Phi) is 10.1. The molecule has 1 spiro atoms. The topological polar surface area (TPSA) is 150 Å². The maximum atomic E-state index is 14.7. The van der Waals surface area contributed by atoms with Gasteiger partial charge < -0.3 is 30.1 Å². The van der Waals surface area contributed by atoms with Crippen LogP contribution >= 0.6 is 0 Å². The van der Waals surface area contributed by atoms with Crippen molar-refractivity contribution in [2.24, 2.45) is 5.41 Å².